The van der Waals surface area contributed by atoms with Crippen molar-refractivity contribution in [3.8, 4) is 5.75 Å². The Kier molecular flexibility index (Phi) is 3.92. The fourth-order valence-electron chi connectivity index (χ4n) is 2.03. The van der Waals surface area contributed by atoms with Crippen molar-refractivity contribution in [2.24, 2.45) is 0 Å². The summed E-state index contributed by atoms with van der Waals surface area (Å²) in [5.74, 6) is -0.0755. The first-order valence-electron chi connectivity index (χ1n) is 6.42. The van der Waals surface area contributed by atoms with E-state index in [4.69, 9.17) is 17.0 Å². The molecule has 0 spiro atoms. The molecule has 1 heterocycles. The molecule has 1 amide bonds. The summed E-state index contributed by atoms with van der Waals surface area (Å²) in [5, 5.41) is 18.0. The Morgan fingerprint density at radius 1 is 1.09 bits per heavy atom. The molecular weight excluding hydrogens is 320 g/mol. The summed E-state index contributed by atoms with van der Waals surface area (Å²) in [6.45, 7) is 0. The lowest BCUT2D eigenvalue weighted by molar-refractivity contribution is -0.113. The number of benzene rings is 2. The Morgan fingerprint density at radius 3 is 2.36 bits per heavy atom. The van der Waals surface area contributed by atoms with Crippen molar-refractivity contribution in [3.63, 3.8) is 0 Å². The van der Waals surface area contributed by atoms with E-state index in [0.29, 0.717) is 15.6 Å². The number of aromatic hydroxyl groups is 1. The van der Waals surface area contributed by atoms with Gasteiger partial charge in [0.15, 0.2) is 5.17 Å². The minimum atomic E-state index is -0.245. The summed E-state index contributed by atoms with van der Waals surface area (Å²) in [4.78, 5) is 14.3. The number of carbonyl (C=O) groups excluding carboxylic acids is 1. The molecule has 0 radical (unpaired) electrons. The average Bonchev–Trinajstić information content (AvgIpc) is 2.77. The summed E-state index contributed by atoms with van der Waals surface area (Å²) >= 11 is 6.95. The maximum Gasteiger partial charge on any atom is 0.271 e. The number of phenols is 1. The summed E-state index contributed by atoms with van der Waals surface area (Å²) in [6.07, 6.45) is 1.71. The second-order valence-electron chi connectivity index (χ2n) is 4.62. The molecular formula is C16H11ClN2O2S. The molecule has 0 aromatic heterocycles. The number of hydrogen-bond donors (Lipinski definition) is 2. The van der Waals surface area contributed by atoms with Crippen LogP contribution in [0, 0.1) is 5.41 Å². The Morgan fingerprint density at radius 2 is 1.73 bits per heavy atom. The Labute approximate surface area is 136 Å². The predicted molar refractivity (Wildman–Crippen MR) is 90.3 cm³/mol. The van der Waals surface area contributed by atoms with Crippen LogP contribution in [0.4, 0.5) is 5.69 Å². The van der Waals surface area contributed by atoms with Gasteiger partial charge in [0.25, 0.3) is 5.91 Å². The predicted octanol–water partition coefficient (Wildman–Crippen LogP) is 4.10. The molecule has 6 heteroatoms. The van der Waals surface area contributed by atoms with Crippen LogP contribution < -0.4 is 4.90 Å². The molecule has 22 heavy (non-hydrogen) atoms. The van der Waals surface area contributed by atoms with Crippen LogP contribution in [0.2, 0.25) is 5.02 Å². The SMILES string of the molecule is N=C1S/C(=C\c2ccc(O)cc2)C(=O)N1c1ccc(Cl)cc1. The maximum absolute atomic E-state index is 12.5. The standard InChI is InChI=1S/C16H11ClN2O2S/c17-11-3-5-12(6-4-11)19-15(21)14(22-16(19)18)9-10-1-7-13(20)8-2-10/h1-9,18,20H/b14-9-,18-16?. The number of anilines is 1. The molecule has 0 saturated carbocycles. The molecule has 4 nitrogen and oxygen atoms in total. The molecule has 1 aliphatic rings. The third-order valence-electron chi connectivity index (χ3n) is 3.10. The van der Waals surface area contributed by atoms with Crippen molar-refractivity contribution in [2.45, 2.75) is 0 Å². The molecule has 1 saturated heterocycles. The Bertz CT molecular complexity index is 770. The first-order chi connectivity index (χ1) is 10.5. The topological polar surface area (TPSA) is 64.4 Å². The van der Waals surface area contributed by atoms with Crippen LogP contribution in [0.1, 0.15) is 5.56 Å². The van der Waals surface area contributed by atoms with Gasteiger partial charge in [-0.1, -0.05) is 23.7 Å². The lowest BCUT2D eigenvalue weighted by Gasteiger charge is -2.14. The van der Waals surface area contributed by atoms with Gasteiger partial charge in [0.05, 0.1) is 10.6 Å². The minimum absolute atomic E-state index is 0.150. The fraction of sp³-hybridized carbons (Fsp3) is 0. The Balaban J connectivity index is 1.91. The van der Waals surface area contributed by atoms with E-state index in [0.717, 1.165) is 17.3 Å². The number of amides is 1. The molecule has 110 valence electrons. The summed E-state index contributed by atoms with van der Waals surface area (Å²) < 4.78 is 0. The van der Waals surface area contributed by atoms with Gasteiger partial charge >= 0.3 is 0 Å². The van der Waals surface area contributed by atoms with Crippen LogP contribution in [0.3, 0.4) is 0 Å². The third kappa shape index (κ3) is 2.86. The van der Waals surface area contributed by atoms with Gasteiger partial charge in [-0.15, -0.1) is 0 Å². The number of amidine groups is 1. The molecule has 0 atom stereocenters. The first-order valence-corrected chi connectivity index (χ1v) is 7.61. The minimum Gasteiger partial charge on any atom is -0.508 e. The fourth-order valence-corrected chi connectivity index (χ4v) is 3.02. The molecule has 0 bridgehead atoms. The van der Waals surface area contributed by atoms with Crippen molar-refractivity contribution >= 4 is 46.2 Å². The average molecular weight is 331 g/mol. The lowest BCUT2D eigenvalue weighted by atomic mass is 10.2. The maximum atomic E-state index is 12.5. The van der Waals surface area contributed by atoms with Gasteiger partial charge in [-0.05, 0) is 59.8 Å². The molecule has 2 N–H and O–H groups in total. The summed E-state index contributed by atoms with van der Waals surface area (Å²) in [6, 6.07) is 13.3. The van der Waals surface area contributed by atoms with E-state index in [1.54, 1.807) is 54.6 Å². The number of thioether (sulfide) groups is 1. The number of carbonyl (C=O) groups is 1. The van der Waals surface area contributed by atoms with Crippen molar-refractivity contribution in [2.75, 3.05) is 4.90 Å². The molecule has 2 aromatic rings. The van der Waals surface area contributed by atoms with Gasteiger partial charge in [0.2, 0.25) is 0 Å². The zero-order valence-electron chi connectivity index (χ0n) is 11.3. The van der Waals surface area contributed by atoms with Crippen LogP contribution in [-0.2, 0) is 4.79 Å². The van der Waals surface area contributed by atoms with Crippen LogP contribution in [0.15, 0.2) is 53.4 Å². The molecule has 1 fully saturated rings. The largest absolute Gasteiger partial charge is 0.508 e. The number of nitrogens with zero attached hydrogens (tertiary/aromatic N) is 1. The van der Waals surface area contributed by atoms with Crippen LogP contribution in [-0.4, -0.2) is 16.2 Å². The van der Waals surface area contributed by atoms with E-state index >= 15 is 0 Å². The molecule has 0 aliphatic carbocycles. The first kappa shape index (κ1) is 14.7. The zero-order valence-corrected chi connectivity index (χ0v) is 12.9. The molecule has 1 aliphatic heterocycles. The highest BCUT2D eigenvalue weighted by Gasteiger charge is 2.33. The lowest BCUT2D eigenvalue weighted by Crippen LogP contribution is -2.27. The highest BCUT2D eigenvalue weighted by molar-refractivity contribution is 8.19. The van der Waals surface area contributed by atoms with E-state index < -0.39 is 0 Å². The normalized spacial score (nSPS) is 16.6. The number of halogens is 1. The van der Waals surface area contributed by atoms with Crippen LogP contribution >= 0.6 is 23.4 Å². The van der Waals surface area contributed by atoms with E-state index in [1.807, 2.05) is 0 Å². The molecule has 3 rings (SSSR count). The second-order valence-corrected chi connectivity index (χ2v) is 6.09. The van der Waals surface area contributed by atoms with Gasteiger partial charge in [0.1, 0.15) is 5.75 Å². The number of phenolic OH excluding ortho intramolecular Hbond substituents is 1. The van der Waals surface area contributed by atoms with Gasteiger partial charge in [-0.3, -0.25) is 15.1 Å². The quantitative estimate of drug-likeness (QED) is 0.815. The van der Waals surface area contributed by atoms with Crippen molar-refractivity contribution < 1.29 is 9.90 Å². The third-order valence-corrected chi connectivity index (χ3v) is 4.24. The number of nitrogens with one attached hydrogen (secondary N) is 1. The highest BCUT2D eigenvalue weighted by atomic mass is 35.5. The highest BCUT2D eigenvalue weighted by Crippen LogP contribution is 2.35. The van der Waals surface area contributed by atoms with E-state index in [2.05, 4.69) is 0 Å². The van der Waals surface area contributed by atoms with Gasteiger partial charge in [0, 0.05) is 5.02 Å². The summed E-state index contributed by atoms with van der Waals surface area (Å²) in [7, 11) is 0. The smallest absolute Gasteiger partial charge is 0.271 e. The van der Waals surface area contributed by atoms with Crippen molar-refractivity contribution in [3.05, 3.63) is 64.0 Å². The van der Waals surface area contributed by atoms with Gasteiger partial charge in [-0.2, -0.15) is 0 Å². The number of hydrogen-bond acceptors (Lipinski definition) is 4. The van der Waals surface area contributed by atoms with E-state index in [-0.39, 0.29) is 16.8 Å². The van der Waals surface area contributed by atoms with E-state index in [1.165, 1.54) is 4.90 Å². The van der Waals surface area contributed by atoms with Crippen molar-refractivity contribution in [1.29, 1.82) is 5.41 Å². The molecule has 0 unspecified atom stereocenters. The van der Waals surface area contributed by atoms with Gasteiger partial charge in [-0.25, -0.2) is 0 Å². The van der Waals surface area contributed by atoms with Crippen LogP contribution in [0.25, 0.3) is 6.08 Å². The van der Waals surface area contributed by atoms with Gasteiger partial charge < -0.3 is 5.11 Å². The second kappa shape index (κ2) is 5.87. The molecule has 2 aromatic carbocycles. The summed E-state index contributed by atoms with van der Waals surface area (Å²) in [5.41, 5.74) is 1.40. The van der Waals surface area contributed by atoms with Crippen LogP contribution in [0.5, 0.6) is 5.75 Å². The zero-order chi connectivity index (χ0) is 15.7. The monoisotopic (exact) mass is 330 g/mol. The Hall–Kier alpha value is -2.24. The van der Waals surface area contributed by atoms with Crippen molar-refractivity contribution in [1.82, 2.24) is 0 Å². The number of rotatable bonds is 2. The van der Waals surface area contributed by atoms with E-state index in [9.17, 15) is 9.90 Å².